The highest BCUT2D eigenvalue weighted by molar-refractivity contribution is 7.99. The van der Waals surface area contributed by atoms with Gasteiger partial charge in [0.25, 0.3) is 0 Å². The van der Waals surface area contributed by atoms with Gasteiger partial charge in [-0.3, -0.25) is 4.79 Å². The molecule has 0 fully saturated rings. The van der Waals surface area contributed by atoms with E-state index in [4.69, 9.17) is 4.74 Å². The van der Waals surface area contributed by atoms with Crippen molar-refractivity contribution in [2.75, 3.05) is 18.1 Å². The molecule has 0 radical (unpaired) electrons. The van der Waals surface area contributed by atoms with Crippen molar-refractivity contribution in [2.24, 2.45) is 0 Å². The number of esters is 1. The van der Waals surface area contributed by atoms with E-state index in [0.29, 0.717) is 12.6 Å². The summed E-state index contributed by atoms with van der Waals surface area (Å²) in [4.78, 5) is 11.6. The highest BCUT2D eigenvalue weighted by atomic mass is 32.2. The second-order valence-corrected chi connectivity index (χ2v) is 5.20. The van der Waals surface area contributed by atoms with E-state index in [1.807, 2.05) is 32.5 Å². The van der Waals surface area contributed by atoms with Crippen molar-refractivity contribution >= 4 is 17.7 Å². The van der Waals surface area contributed by atoms with Crippen LogP contribution in [-0.2, 0) is 9.53 Å². The van der Waals surface area contributed by atoms with Crippen LogP contribution in [0.2, 0.25) is 0 Å². The summed E-state index contributed by atoms with van der Waals surface area (Å²) >= 11 is 1.82. The van der Waals surface area contributed by atoms with Crippen LogP contribution in [0, 0.1) is 0 Å². The van der Waals surface area contributed by atoms with Crippen LogP contribution < -0.4 is 5.32 Å². The third-order valence-electron chi connectivity index (χ3n) is 2.03. The molecule has 0 aliphatic heterocycles. The highest BCUT2D eigenvalue weighted by Crippen LogP contribution is 2.08. The summed E-state index contributed by atoms with van der Waals surface area (Å²) in [7, 11) is 0. The molecule has 0 heterocycles. The number of thioether (sulfide) groups is 1. The fraction of sp³-hybridized carbons (Fsp3) is 0.917. The summed E-state index contributed by atoms with van der Waals surface area (Å²) in [6.07, 6.45) is 2.41. The lowest BCUT2D eigenvalue weighted by molar-refractivity contribution is -0.145. The zero-order valence-electron chi connectivity index (χ0n) is 10.9. The quantitative estimate of drug-likeness (QED) is 0.502. The number of hydrogen-bond acceptors (Lipinski definition) is 4. The molecule has 0 aromatic rings. The van der Waals surface area contributed by atoms with Gasteiger partial charge in [-0.05, 0) is 19.1 Å². The summed E-state index contributed by atoms with van der Waals surface area (Å²) in [5.41, 5.74) is 0. The van der Waals surface area contributed by atoms with E-state index in [-0.39, 0.29) is 12.0 Å². The van der Waals surface area contributed by atoms with Crippen LogP contribution in [0.5, 0.6) is 0 Å². The Balaban J connectivity index is 3.94. The van der Waals surface area contributed by atoms with E-state index in [2.05, 4.69) is 12.2 Å². The van der Waals surface area contributed by atoms with Crippen molar-refractivity contribution in [2.45, 2.75) is 52.6 Å². The molecule has 0 aliphatic carbocycles. The van der Waals surface area contributed by atoms with Gasteiger partial charge < -0.3 is 10.1 Å². The minimum Gasteiger partial charge on any atom is -0.465 e. The van der Waals surface area contributed by atoms with E-state index >= 15 is 0 Å². The smallest absolute Gasteiger partial charge is 0.323 e. The van der Waals surface area contributed by atoms with Crippen molar-refractivity contribution in [1.29, 1.82) is 0 Å². The monoisotopic (exact) mass is 247 g/mol. The van der Waals surface area contributed by atoms with Crippen molar-refractivity contribution < 1.29 is 9.53 Å². The first-order valence-corrected chi connectivity index (χ1v) is 7.27. The zero-order chi connectivity index (χ0) is 12.4. The Hall–Kier alpha value is -0.220. The number of nitrogens with one attached hydrogen (secondary N) is 1. The van der Waals surface area contributed by atoms with Gasteiger partial charge in [0.05, 0.1) is 6.61 Å². The van der Waals surface area contributed by atoms with Gasteiger partial charge in [-0.25, -0.2) is 0 Å². The number of carbonyl (C=O) groups is 1. The number of unbranched alkanes of at least 4 members (excludes halogenated alkanes) is 1. The molecule has 3 nitrogen and oxygen atoms in total. The van der Waals surface area contributed by atoms with Gasteiger partial charge in [-0.15, -0.1) is 0 Å². The van der Waals surface area contributed by atoms with Crippen molar-refractivity contribution in [3.8, 4) is 0 Å². The summed E-state index contributed by atoms with van der Waals surface area (Å²) in [6.45, 7) is 8.56. The minimum absolute atomic E-state index is 0.125. The predicted molar refractivity (Wildman–Crippen MR) is 70.9 cm³/mol. The largest absolute Gasteiger partial charge is 0.465 e. The van der Waals surface area contributed by atoms with Crippen molar-refractivity contribution in [3.63, 3.8) is 0 Å². The van der Waals surface area contributed by atoms with Gasteiger partial charge in [0.1, 0.15) is 6.04 Å². The lowest BCUT2D eigenvalue weighted by Gasteiger charge is -2.19. The molecule has 16 heavy (non-hydrogen) atoms. The minimum atomic E-state index is -0.165. The fourth-order valence-corrected chi connectivity index (χ4v) is 2.40. The van der Waals surface area contributed by atoms with Gasteiger partial charge in [0, 0.05) is 11.8 Å². The van der Waals surface area contributed by atoms with E-state index in [0.717, 1.165) is 11.5 Å². The molecule has 0 saturated heterocycles. The van der Waals surface area contributed by atoms with E-state index < -0.39 is 0 Å². The Morgan fingerprint density at radius 2 is 2.06 bits per heavy atom. The number of hydrogen-bond donors (Lipinski definition) is 1. The topological polar surface area (TPSA) is 38.3 Å². The summed E-state index contributed by atoms with van der Waals surface area (Å²) in [5, 5.41) is 3.25. The highest BCUT2D eigenvalue weighted by Gasteiger charge is 2.19. The van der Waals surface area contributed by atoms with Gasteiger partial charge in [-0.1, -0.05) is 27.2 Å². The molecule has 0 spiro atoms. The SMILES string of the molecule is CCCCSCC(NC(C)C)C(=O)OCC. The molecule has 4 heteroatoms. The van der Waals surface area contributed by atoms with Crippen LogP contribution >= 0.6 is 11.8 Å². The maximum absolute atomic E-state index is 11.6. The Morgan fingerprint density at radius 3 is 2.56 bits per heavy atom. The maximum atomic E-state index is 11.6. The predicted octanol–water partition coefficient (Wildman–Crippen LogP) is 2.45. The van der Waals surface area contributed by atoms with E-state index in [1.165, 1.54) is 12.8 Å². The van der Waals surface area contributed by atoms with Crippen LogP contribution in [0.1, 0.15) is 40.5 Å². The Morgan fingerprint density at radius 1 is 1.38 bits per heavy atom. The van der Waals surface area contributed by atoms with Crippen LogP contribution in [-0.4, -0.2) is 36.2 Å². The number of ether oxygens (including phenoxy) is 1. The average Bonchev–Trinajstić information content (AvgIpc) is 2.22. The van der Waals surface area contributed by atoms with Gasteiger partial charge in [0.2, 0.25) is 0 Å². The molecule has 0 amide bonds. The van der Waals surface area contributed by atoms with Crippen LogP contribution in [0.15, 0.2) is 0 Å². The van der Waals surface area contributed by atoms with Gasteiger partial charge in [0.15, 0.2) is 0 Å². The molecule has 0 rings (SSSR count). The van der Waals surface area contributed by atoms with Crippen LogP contribution in [0.25, 0.3) is 0 Å². The molecule has 96 valence electrons. The fourth-order valence-electron chi connectivity index (χ4n) is 1.28. The zero-order valence-corrected chi connectivity index (χ0v) is 11.7. The molecule has 0 aromatic heterocycles. The molecule has 1 N–H and O–H groups in total. The molecule has 0 saturated carbocycles. The summed E-state index contributed by atoms with van der Waals surface area (Å²) in [6, 6.07) is 0.142. The Labute approximate surface area is 104 Å². The summed E-state index contributed by atoms with van der Waals surface area (Å²) in [5.74, 6) is 1.80. The first-order chi connectivity index (χ1) is 7.61. The van der Waals surface area contributed by atoms with Crippen molar-refractivity contribution in [3.05, 3.63) is 0 Å². The lowest BCUT2D eigenvalue weighted by Crippen LogP contribution is -2.43. The second-order valence-electron chi connectivity index (χ2n) is 4.05. The molecule has 1 unspecified atom stereocenters. The van der Waals surface area contributed by atoms with Gasteiger partial charge in [-0.2, -0.15) is 11.8 Å². The third kappa shape index (κ3) is 7.99. The lowest BCUT2D eigenvalue weighted by atomic mass is 10.3. The first kappa shape index (κ1) is 15.8. The molecule has 0 bridgehead atoms. The van der Waals surface area contributed by atoms with Crippen molar-refractivity contribution in [1.82, 2.24) is 5.32 Å². The third-order valence-corrected chi connectivity index (χ3v) is 3.18. The summed E-state index contributed by atoms with van der Waals surface area (Å²) < 4.78 is 5.05. The molecular formula is C12H25NO2S. The Bertz CT molecular complexity index is 186. The van der Waals surface area contributed by atoms with Gasteiger partial charge >= 0.3 is 5.97 Å². The van der Waals surface area contributed by atoms with Crippen LogP contribution in [0.3, 0.4) is 0 Å². The molecule has 1 atom stereocenters. The van der Waals surface area contributed by atoms with E-state index in [1.54, 1.807) is 0 Å². The maximum Gasteiger partial charge on any atom is 0.323 e. The number of rotatable bonds is 9. The first-order valence-electron chi connectivity index (χ1n) is 6.12. The van der Waals surface area contributed by atoms with Crippen LogP contribution in [0.4, 0.5) is 0 Å². The standard InChI is InChI=1S/C12H25NO2S/c1-5-7-8-16-9-11(13-10(3)4)12(14)15-6-2/h10-11,13H,5-9H2,1-4H3. The average molecular weight is 247 g/mol. The Kier molecular flexibility index (Phi) is 9.83. The van der Waals surface area contributed by atoms with E-state index in [9.17, 15) is 4.79 Å². The molecular weight excluding hydrogens is 222 g/mol. The molecule has 0 aromatic carbocycles. The second kappa shape index (κ2) is 9.97. The number of carbonyl (C=O) groups excluding carboxylic acids is 1. The molecule has 0 aliphatic rings. The normalized spacial score (nSPS) is 12.8.